The molecule has 0 saturated carbocycles. The summed E-state index contributed by atoms with van der Waals surface area (Å²) in [7, 11) is 0. The Balaban J connectivity index is 1.83. The Labute approximate surface area is 124 Å². The average molecular weight is 286 g/mol. The molecule has 21 heavy (non-hydrogen) atoms. The average Bonchev–Trinajstić information content (AvgIpc) is 2.48. The summed E-state index contributed by atoms with van der Waals surface area (Å²) in [5.41, 5.74) is 1.76. The quantitative estimate of drug-likeness (QED) is 0.725. The van der Waals surface area contributed by atoms with E-state index in [9.17, 15) is 9.18 Å². The minimum Gasteiger partial charge on any atom is -0.493 e. The molecule has 0 spiro atoms. The number of Topliss-reactive ketones (excluding diaryl/α,β-unsaturated/α-hetero) is 1. The predicted octanol–water partition coefficient (Wildman–Crippen LogP) is 4.60. The van der Waals surface area contributed by atoms with Gasteiger partial charge in [-0.3, -0.25) is 4.79 Å². The van der Waals surface area contributed by atoms with Crippen LogP contribution in [0.3, 0.4) is 0 Å². The van der Waals surface area contributed by atoms with Crippen molar-refractivity contribution in [2.45, 2.75) is 26.2 Å². The van der Waals surface area contributed by atoms with Crippen LogP contribution in [0.25, 0.3) is 0 Å². The minimum atomic E-state index is -0.340. The van der Waals surface area contributed by atoms with Gasteiger partial charge in [0.15, 0.2) is 5.78 Å². The van der Waals surface area contributed by atoms with Gasteiger partial charge in [0, 0.05) is 12.0 Å². The molecule has 0 aliphatic carbocycles. The first-order chi connectivity index (χ1) is 10.1. The van der Waals surface area contributed by atoms with Gasteiger partial charge in [-0.05, 0) is 47.9 Å². The molecule has 0 aliphatic rings. The molecule has 2 aromatic carbocycles. The van der Waals surface area contributed by atoms with Crippen molar-refractivity contribution in [3.05, 3.63) is 65.5 Å². The summed E-state index contributed by atoms with van der Waals surface area (Å²) >= 11 is 0. The maximum absolute atomic E-state index is 12.8. The standard InChI is InChI=1S/C18H19FO2/c1-13(2)14-5-9-17(10-6-14)21-12-11-18(20)15-3-7-16(19)8-4-15/h3-10,13H,11-12H2,1-2H3. The van der Waals surface area contributed by atoms with Gasteiger partial charge in [-0.2, -0.15) is 0 Å². The molecule has 0 saturated heterocycles. The molecule has 0 N–H and O–H groups in total. The fraction of sp³-hybridized carbons (Fsp3) is 0.278. The summed E-state index contributed by atoms with van der Waals surface area (Å²) in [6, 6.07) is 13.5. The summed E-state index contributed by atoms with van der Waals surface area (Å²) in [4.78, 5) is 11.9. The summed E-state index contributed by atoms with van der Waals surface area (Å²) in [6.07, 6.45) is 0.275. The van der Waals surface area contributed by atoms with Crippen molar-refractivity contribution >= 4 is 5.78 Å². The fourth-order valence-corrected chi connectivity index (χ4v) is 1.99. The number of carbonyl (C=O) groups excluding carboxylic acids is 1. The number of hydrogen-bond acceptors (Lipinski definition) is 2. The first-order valence-corrected chi connectivity index (χ1v) is 7.08. The molecule has 0 bridgehead atoms. The number of benzene rings is 2. The Hall–Kier alpha value is -2.16. The second-order valence-corrected chi connectivity index (χ2v) is 5.25. The molecule has 0 fully saturated rings. The molecule has 110 valence electrons. The van der Waals surface area contributed by atoms with Gasteiger partial charge in [0.25, 0.3) is 0 Å². The number of halogens is 1. The first-order valence-electron chi connectivity index (χ1n) is 7.08. The highest BCUT2D eigenvalue weighted by atomic mass is 19.1. The molecule has 0 radical (unpaired) electrons. The van der Waals surface area contributed by atoms with Gasteiger partial charge in [-0.25, -0.2) is 4.39 Å². The van der Waals surface area contributed by atoms with E-state index in [1.807, 2.05) is 24.3 Å². The van der Waals surface area contributed by atoms with Crippen molar-refractivity contribution in [3.63, 3.8) is 0 Å². The van der Waals surface area contributed by atoms with E-state index in [0.29, 0.717) is 18.1 Å². The summed E-state index contributed by atoms with van der Waals surface area (Å²) in [6.45, 7) is 4.59. The normalized spacial score (nSPS) is 10.7. The Bertz CT molecular complexity index is 586. The van der Waals surface area contributed by atoms with Crippen molar-refractivity contribution in [1.82, 2.24) is 0 Å². The van der Waals surface area contributed by atoms with E-state index in [-0.39, 0.29) is 18.0 Å². The van der Waals surface area contributed by atoms with Crippen molar-refractivity contribution < 1.29 is 13.9 Å². The van der Waals surface area contributed by atoms with Crippen LogP contribution >= 0.6 is 0 Å². The van der Waals surface area contributed by atoms with Gasteiger partial charge in [0.1, 0.15) is 11.6 Å². The van der Waals surface area contributed by atoms with E-state index in [0.717, 1.165) is 5.75 Å². The van der Waals surface area contributed by atoms with Gasteiger partial charge < -0.3 is 4.74 Å². The first kappa shape index (κ1) is 15.2. The maximum atomic E-state index is 12.8. The zero-order valence-electron chi connectivity index (χ0n) is 12.3. The lowest BCUT2D eigenvalue weighted by Crippen LogP contribution is -2.06. The summed E-state index contributed by atoms with van der Waals surface area (Å²) in [5, 5.41) is 0. The second-order valence-electron chi connectivity index (χ2n) is 5.25. The molecule has 0 aromatic heterocycles. The largest absolute Gasteiger partial charge is 0.493 e. The molecule has 0 amide bonds. The molecule has 0 atom stereocenters. The van der Waals surface area contributed by atoms with Crippen molar-refractivity contribution in [2.24, 2.45) is 0 Å². The van der Waals surface area contributed by atoms with E-state index in [1.54, 1.807) is 0 Å². The van der Waals surface area contributed by atoms with E-state index in [1.165, 1.54) is 29.8 Å². The lowest BCUT2D eigenvalue weighted by atomic mass is 10.0. The number of ketones is 1. The fourth-order valence-electron chi connectivity index (χ4n) is 1.99. The lowest BCUT2D eigenvalue weighted by molar-refractivity contribution is 0.0962. The number of ether oxygens (including phenoxy) is 1. The van der Waals surface area contributed by atoms with Crippen LogP contribution in [0.5, 0.6) is 5.75 Å². The van der Waals surface area contributed by atoms with Crippen molar-refractivity contribution in [2.75, 3.05) is 6.61 Å². The van der Waals surface area contributed by atoms with Crippen LogP contribution < -0.4 is 4.74 Å². The number of rotatable bonds is 6. The van der Waals surface area contributed by atoms with Crippen LogP contribution in [0, 0.1) is 5.82 Å². The van der Waals surface area contributed by atoms with Crippen LogP contribution in [-0.4, -0.2) is 12.4 Å². The van der Waals surface area contributed by atoms with Gasteiger partial charge in [0.05, 0.1) is 6.61 Å². The van der Waals surface area contributed by atoms with Crippen LogP contribution in [0.15, 0.2) is 48.5 Å². The summed E-state index contributed by atoms with van der Waals surface area (Å²) < 4.78 is 18.3. The van der Waals surface area contributed by atoms with Crippen LogP contribution in [0.1, 0.15) is 42.1 Å². The molecule has 2 rings (SSSR count). The van der Waals surface area contributed by atoms with E-state index in [4.69, 9.17) is 4.74 Å². The van der Waals surface area contributed by atoms with E-state index < -0.39 is 0 Å². The Morgan fingerprint density at radius 2 is 1.67 bits per heavy atom. The highest BCUT2D eigenvalue weighted by molar-refractivity contribution is 5.96. The molecule has 3 heteroatoms. The van der Waals surface area contributed by atoms with Crippen LogP contribution in [0.2, 0.25) is 0 Å². The Morgan fingerprint density at radius 3 is 2.24 bits per heavy atom. The second kappa shape index (κ2) is 7.02. The van der Waals surface area contributed by atoms with Gasteiger partial charge in [0.2, 0.25) is 0 Å². The third-order valence-electron chi connectivity index (χ3n) is 3.31. The molecule has 0 aliphatic heterocycles. The van der Waals surface area contributed by atoms with E-state index in [2.05, 4.69) is 13.8 Å². The van der Waals surface area contributed by atoms with Gasteiger partial charge >= 0.3 is 0 Å². The zero-order valence-corrected chi connectivity index (χ0v) is 12.3. The topological polar surface area (TPSA) is 26.3 Å². The molecule has 2 aromatic rings. The minimum absolute atomic E-state index is 0.0474. The lowest BCUT2D eigenvalue weighted by Gasteiger charge is -2.08. The van der Waals surface area contributed by atoms with Crippen molar-refractivity contribution in [1.29, 1.82) is 0 Å². The Kier molecular flexibility index (Phi) is 5.09. The number of carbonyl (C=O) groups is 1. The van der Waals surface area contributed by atoms with Crippen LogP contribution in [-0.2, 0) is 0 Å². The van der Waals surface area contributed by atoms with Gasteiger partial charge in [-0.1, -0.05) is 26.0 Å². The zero-order chi connectivity index (χ0) is 15.2. The Morgan fingerprint density at radius 1 is 1.05 bits per heavy atom. The predicted molar refractivity (Wildman–Crippen MR) is 81.4 cm³/mol. The maximum Gasteiger partial charge on any atom is 0.166 e. The molecular formula is C18H19FO2. The molecule has 2 nitrogen and oxygen atoms in total. The third kappa shape index (κ3) is 4.42. The molecule has 0 unspecified atom stereocenters. The SMILES string of the molecule is CC(C)c1ccc(OCCC(=O)c2ccc(F)cc2)cc1. The third-order valence-corrected chi connectivity index (χ3v) is 3.31. The van der Waals surface area contributed by atoms with Crippen LogP contribution in [0.4, 0.5) is 4.39 Å². The van der Waals surface area contributed by atoms with Gasteiger partial charge in [-0.15, -0.1) is 0 Å². The monoisotopic (exact) mass is 286 g/mol. The smallest absolute Gasteiger partial charge is 0.166 e. The highest BCUT2D eigenvalue weighted by Gasteiger charge is 2.06. The molecular weight excluding hydrogens is 267 g/mol. The van der Waals surface area contributed by atoms with E-state index >= 15 is 0 Å². The molecule has 0 heterocycles. The summed E-state index contributed by atoms with van der Waals surface area (Å²) in [5.74, 6) is 0.854. The highest BCUT2D eigenvalue weighted by Crippen LogP contribution is 2.18. The van der Waals surface area contributed by atoms with Crippen molar-refractivity contribution in [3.8, 4) is 5.75 Å². The number of hydrogen-bond donors (Lipinski definition) is 0.